The summed E-state index contributed by atoms with van der Waals surface area (Å²) in [5.74, 6) is 1.84. The van der Waals surface area contributed by atoms with Crippen molar-refractivity contribution in [3.63, 3.8) is 0 Å². The Bertz CT molecular complexity index is 628. The summed E-state index contributed by atoms with van der Waals surface area (Å²) in [6.45, 7) is 4.35. The van der Waals surface area contributed by atoms with Crippen molar-refractivity contribution in [2.24, 2.45) is 0 Å². The van der Waals surface area contributed by atoms with Crippen LogP contribution in [0.3, 0.4) is 0 Å². The normalized spacial score (nSPS) is 10.3. The fourth-order valence-electron chi connectivity index (χ4n) is 1.81. The number of methoxy groups -OCH3 is 1. The van der Waals surface area contributed by atoms with Crippen LogP contribution >= 0.6 is 0 Å². The van der Waals surface area contributed by atoms with E-state index >= 15 is 0 Å². The number of nitrogens with zero attached hydrogens (tertiary/aromatic N) is 4. The van der Waals surface area contributed by atoms with Gasteiger partial charge in [-0.25, -0.2) is 9.67 Å². The first kappa shape index (κ1) is 13.9. The topological polar surface area (TPSA) is 73.0 Å². The SMILES string of the molecule is COc1cc(C#N)ccc1OCc1ncnn1C(C)C. The van der Waals surface area contributed by atoms with Crippen molar-refractivity contribution < 1.29 is 9.47 Å². The van der Waals surface area contributed by atoms with Crippen LogP contribution in [-0.2, 0) is 6.61 Å². The average molecular weight is 272 g/mol. The van der Waals surface area contributed by atoms with Crippen molar-refractivity contribution in [2.75, 3.05) is 7.11 Å². The molecule has 0 unspecified atom stereocenters. The highest BCUT2D eigenvalue weighted by molar-refractivity contribution is 5.46. The van der Waals surface area contributed by atoms with E-state index in [-0.39, 0.29) is 6.04 Å². The molecule has 0 N–H and O–H groups in total. The lowest BCUT2D eigenvalue weighted by Gasteiger charge is -2.12. The zero-order valence-corrected chi connectivity index (χ0v) is 11.7. The maximum Gasteiger partial charge on any atom is 0.165 e. The second-order valence-corrected chi connectivity index (χ2v) is 4.48. The Morgan fingerprint density at radius 1 is 1.35 bits per heavy atom. The van der Waals surface area contributed by atoms with Gasteiger partial charge in [0.25, 0.3) is 0 Å². The number of hydrogen-bond acceptors (Lipinski definition) is 5. The number of nitriles is 1. The minimum Gasteiger partial charge on any atom is -0.493 e. The Balaban J connectivity index is 2.15. The molecular formula is C14H16N4O2. The Kier molecular flexibility index (Phi) is 4.20. The molecule has 6 heteroatoms. The molecule has 20 heavy (non-hydrogen) atoms. The van der Waals surface area contributed by atoms with Crippen LogP contribution in [0, 0.1) is 11.3 Å². The van der Waals surface area contributed by atoms with E-state index in [9.17, 15) is 0 Å². The van der Waals surface area contributed by atoms with Gasteiger partial charge in [0.15, 0.2) is 17.3 Å². The van der Waals surface area contributed by atoms with Gasteiger partial charge < -0.3 is 9.47 Å². The monoisotopic (exact) mass is 272 g/mol. The number of hydrogen-bond donors (Lipinski definition) is 0. The molecule has 0 fully saturated rings. The molecule has 2 aromatic rings. The highest BCUT2D eigenvalue weighted by atomic mass is 16.5. The van der Waals surface area contributed by atoms with Crippen LogP contribution in [0.1, 0.15) is 31.3 Å². The number of benzene rings is 1. The lowest BCUT2D eigenvalue weighted by atomic mass is 10.2. The first-order chi connectivity index (χ1) is 9.65. The second kappa shape index (κ2) is 6.06. The maximum atomic E-state index is 8.86. The summed E-state index contributed by atoms with van der Waals surface area (Å²) in [5.41, 5.74) is 0.527. The molecule has 1 heterocycles. The largest absolute Gasteiger partial charge is 0.493 e. The first-order valence-electron chi connectivity index (χ1n) is 6.25. The molecule has 1 aromatic carbocycles. The summed E-state index contributed by atoms with van der Waals surface area (Å²) in [7, 11) is 1.54. The van der Waals surface area contributed by atoms with Gasteiger partial charge in [0.1, 0.15) is 12.9 Å². The van der Waals surface area contributed by atoms with Crippen molar-refractivity contribution in [2.45, 2.75) is 26.5 Å². The summed E-state index contributed by atoms with van der Waals surface area (Å²) < 4.78 is 12.7. The van der Waals surface area contributed by atoms with Gasteiger partial charge in [-0.05, 0) is 26.0 Å². The molecule has 0 saturated heterocycles. The third-order valence-corrected chi connectivity index (χ3v) is 2.79. The molecule has 0 aliphatic rings. The molecule has 6 nitrogen and oxygen atoms in total. The van der Waals surface area contributed by atoms with E-state index in [0.29, 0.717) is 23.7 Å². The summed E-state index contributed by atoms with van der Waals surface area (Å²) >= 11 is 0. The molecule has 2 rings (SSSR count). The Hall–Kier alpha value is -2.55. The van der Waals surface area contributed by atoms with Crippen molar-refractivity contribution in [1.29, 1.82) is 5.26 Å². The number of ether oxygens (including phenoxy) is 2. The average Bonchev–Trinajstić information content (AvgIpc) is 2.93. The smallest absolute Gasteiger partial charge is 0.165 e. The minimum atomic E-state index is 0.221. The zero-order valence-electron chi connectivity index (χ0n) is 11.7. The Morgan fingerprint density at radius 2 is 2.15 bits per heavy atom. The Morgan fingerprint density at radius 3 is 2.80 bits per heavy atom. The quantitative estimate of drug-likeness (QED) is 0.835. The van der Waals surface area contributed by atoms with Gasteiger partial charge in [0.2, 0.25) is 0 Å². The van der Waals surface area contributed by atoms with Crippen molar-refractivity contribution in [3.8, 4) is 17.6 Å². The van der Waals surface area contributed by atoms with E-state index in [2.05, 4.69) is 16.2 Å². The summed E-state index contributed by atoms with van der Waals surface area (Å²) in [5, 5.41) is 13.0. The fraction of sp³-hybridized carbons (Fsp3) is 0.357. The van der Waals surface area contributed by atoms with Gasteiger partial charge in [-0.3, -0.25) is 0 Å². The molecular weight excluding hydrogens is 256 g/mol. The molecule has 0 amide bonds. The molecule has 0 aliphatic carbocycles. The highest BCUT2D eigenvalue weighted by Crippen LogP contribution is 2.28. The third-order valence-electron chi connectivity index (χ3n) is 2.79. The van der Waals surface area contributed by atoms with Gasteiger partial charge in [-0.15, -0.1) is 0 Å². The van der Waals surface area contributed by atoms with Crippen LogP contribution in [0.5, 0.6) is 11.5 Å². The molecule has 0 atom stereocenters. The lowest BCUT2D eigenvalue weighted by Crippen LogP contribution is -2.11. The lowest BCUT2D eigenvalue weighted by molar-refractivity contribution is 0.266. The maximum absolute atomic E-state index is 8.86. The van der Waals surface area contributed by atoms with E-state index in [1.165, 1.54) is 6.33 Å². The van der Waals surface area contributed by atoms with E-state index in [1.807, 2.05) is 13.8 Å². The molecule has 1 aromatic heterocycles. The molecule has 0 bridgehead atoms. The molecule has 0 saturated carbocycles. The van der Waals surface area contributed by atoms with Gasteiger partial charge >= 0.3 is 0 Å². The summed E-state index contributed by atoms with van der Waals surface area (Å²) in [6.07, 6.45) is 1.51. The van der Waals surface area contributed by atoms with Crippen molar-refractivity contribution >= 4 is 0 Å². The van der Waals surface area contributed by atoms with Crippen molar-refractivity contribution in [1.82, 2.24) is 14.8 Å². The van der Waals surface area contributed by atoms with E-state index in [0.717, 1.165) is 5.82 Å². The number of aromatic nitrogens is 3. The zero-order chi connectivity index (χ0) is 14.5. The minimum absolute atomic E-state index is 0.221. The molecule has 0 spiro atoms. The predicted octanol–water partition coefficient (Wildman–Crippen LogP) is 2.32. The molecule has 0 radical (unpaired) electrons. The van der Waals surface area contributed by atoms with Gasteiger partial charge in [-0.1, -0.05) is 0 Å². The third kappa shape index (κ3) is 2.88. The van der Waals surface area contributed by atoms with Crippen LogP contribution in [0.2, 0.25) is 0 Å². The standard InChI is InChI=1S/C14H16N4O2/c1-10(2)18-14(16-9-17-18)8-20-12-5-4-11(7-15)6-13(12)19-3/h4-6,9-10H,8H2,1-3H3. The highest BCUT2D eigenvalue weighted by Gasteiger charge is 2.10. The van der Waals surface area contributed by atoms with Crippen LogP contribution in [0.4, 0.5) is 0 Å². The van der Waals surface area contributed by atoms with Crippen LogP contribution in [0.25, 0.3) is 0 Å². The first-order valence-corrected chi connectivity index (χ1v) is 6.25. The summed E-state index contributed by atoms with van der Waals surface area (Å²) in [6, 6.07) is 7.32. The Labute approximate surface area is 117 Å². The van der Waals surface area contributed by atoms with Crippen LogP contribution in [-0.4, -0.2) is 21.9 Å². The predicted molar refractivity (Wildman–Crippen MR) is 72.4 cm³/mol. The fourth-order valence-corrected chi connectivity index (χ4v) is 1.81. The van der Waals surface area contributed by atoms with Gasteiger partial charge in [-0.2, -0.15) is 10.4 Å². The van der Waals surface area contributed by atoms with E-state index in [4.69, 9.17) is 14.7 Å². The van der Waals surface area contributed by atoms with E-state index < -0.39 is 0 Å². The molecule has 104 valence electrons. The van der Waals surface area contributed by atoms with E-state index in [1.54, 1.807) is 30.0 Å². The van der Waals surface area contributed by atoms with Gasteiger partial charge in [0, 0.05) is 12.1 Å². The molecule has 0 aliphatic heterocycles. The summed E-state index contributed by atoms with van der Waals surface area (Å²) in [4.78, 5) is 4.18. The van der Waals surface area contributed by atoms with Crippen molar-refractivity contribution in [3.05, 3.63) is 35.9 Å². The van der Waals surface area contributed by atoms with Crippen LogP contribution < -0.4 is 9.47 Å². The van der Waals surface area contributed by atoms with Crippen LogP contribution in [0.15, 0.2) is 24.5 Å². The van der Waals surface area contributed by atoms with Gasteiger partial charge in [0.05, 0.1) is 18.7 Å². The number of rotatable bonds is 5. The second-order valence-electron chi connectivity index (χ2n) is 4.48.